The number of phenols is 1. The van der Waals surface area contributed by atoms with Crippen LogP contribution in [0.2, 0.25) is 0 Å². The first-order valence-corrected chi connectivity index (χ1v) is 18.5. The van der Waals surface area contributed by atoms with Gasteiger partial charge < -0.3 is 28.7 Å². The molecule has 0 unspecified atom stereocenters. The summed E-state index contributed by atoms with van der Waals surface area (Å²) in [5.74, 6) is 0.506. The maximum atomic E-state index is 12.5. The van der Waals surface area contributed by atoms with Crippen molar-refractivity contribution in [3.63, 3.8) is 0 Å². The molecule has 0 spiro atoms. The van der Waals surface area contributed by atoms with Crippen molar-refractivity contribution in [3.8, 4) is 44.9 Å². The Hall–Kier alpha value is -2.26. The van der Waals surface area contributed by atoms with E-state index >= 15 is 0 Å². The molecule has 55 heavy (non-hydrogen) atoms. The van der Waals surface area contributed by atoms with Crippen molar-refractivity contribution in [1.82, 2.24) is 0 Å². The number of benzene rings is 6. The van der Waals surface area contributed by atoms with E-state index in [2.05, 4.69) is 19.1 Å². The van der Waals surface area contributed by atoms with E-state index in [1.54, 1.807) is 0 Å². The molecular weight excluding hydrogens is 766 g/mol. The van der Waals surface area contributed by atoms with Gasteiger partial charge in [-0.15, -0.1) is 0 Å². The van der Waals surface area contributed by atoms with Gasteiger partial charge in [0.05, 0.1) is 9.79 Å². The Morgan fingerprint density at radius 1 is 0.527 bits per heavy atom. The van der Waals surface area contributed by atoms with E-state index in [0.29, 0.717) is 15.5 Å². The molecule has 0 fully saturated rings. The summed E-state index contributed by atoms with van der Waals surface area (Å²) in [6.07, 6.45) is 0. The second-order valence-electron chi connectivity index (χ2n) is 12.3. The molecule has 7 rings (SSSR count). The van der Waals surface area contributed by atoms with Crippen LogP contribution < -0.4 is 93.8 Å². The summed E-state index contributed by atoms with van der Waals surface area (Å²) in [6.45, 7) is 11.5. The van der Waals surface area contributed by atoms with Crippen LogP contribution in [0.3, 0.4) is 0 Å². The Kier molecular flexibility index (Phi) is 22.9. The fourth-order valence-electron chi connectivity index (χ4n) is 5.94. The number of phenolic OH excluding ortho intramolecular Hbond substituents is 1. The summed E-state index contributed by atoms with van der Waals surface area (Å²) in [5.41, 5.74) is 11.2. The van der Waals surface area contributed by atoms with Gasteiger partial charge in [-0.3, -0.25) is 0 Å². The number of para-hydroxylation sites is 2. The number of aryl methyl sites for hydroxylation is 6. The normalized spacial score (nSPS) is 11.0. The van der Waals surface area contributed by atoms with Gasteiger partial charge in [0, 0.05) is 16.7 Å². The Labute approximate surface area is 394 Å². The molecule has 0 bridgehead atoms. The summed E-state index contributed by atoms with van der Waals surface area (Å²) >= 11 is 0. The van der Waals surface area contributed by atoms with Gasteiger partial charge in [-0.25, -0.2) is 8.42 Å². The molecule has 0 radical (unpaired) electrons. The predicted molar refractivity (Wildman–Crippen MR) is 205 cm³/mol. The van der Waals surface area contributed by atoms with Gasteiger partial charge in [-0.2, -0.15) is 11.0 Å². The first kappa shape index (κ1) is 52.7. The molecular formula is C42H42Na3O8S2+. The van der Waals surface area contributed by atoms with E-state index in [1.807, 2.05) is 144 Å². The SMILES string of the molecule is Cc1cccc(-c2cccc(C)c2O)c1.Cc1cccc(-c2cccc(C)c2[O-])c1.Cc1cccc2c1S(=O)(=O)c1c(C)cccc1-2.O.O=[S-](=O)[O-].[H+].[Na+].[Na+].[Na+]. The van der Waals surface area contributed by atoms with E-state index in [4.69, 9.17) is 13.0 Å². The average molecular weight is 808 g/mol. The van der Waals surface area contributed by atoms with Crippen LogP contribution in [0.25, 0.3) is 33.4 Å². The van der Waals surface area contributed by atoms with Crippen molar-refractivity contribution in [2.45, 2.75) is 51.3 Å². The minimum Gasteiger partial charge on any atom is -0.917 e. The van der Waals surface area contributed by atoms with Gasteiger partial charge in [0.1, 0.15) is 5.75 Å². The van der Waals surface area contributed by atoms with Gasteiger partial charge in [-0.05, 0) is 74.9 Å². The van der Waals surface area contributed by atoms with Crippen LogP contribution in [0.15, 0.2) is 131 Å². The molecule has 1 aliphatic heterocycles. The maximum absolute atomic E-state index is 12.5. The topological polar surface area (TPSA) is 166 Å². The summed E-state index contributed by atoms with van der Waals surface area (Å²) in [6, 6.07) is 38.9. The summed E-state index contributed by atoms with van der Waals surface area (Å²) in [5, 5.41) is 21.8. The van der Waals surface area contributed by atoms with Crippen molar-refractivity contribution >= 4 is 20.8 Å². The summed E-state index contributed by atoms with van der Waals surface area (Å²) < 4.78 is 50.4. The smallest absolute Gasteiger partial charge is 0.917 e. The monoisotopic (exact) mass is 807 g/mol. The number of fused-ring (bicyclic) bond motifs is 3. The molecule has 13 heteroatoms. The van der Waals surface area contributed by atoms with Crippen molar-refractivity contribution in [2.75, 3.05) is 0 Å². The Morgan fingerprint density at radius 2 is 0.855 bits per heavy atom. The van der Waals surface area contributed by atoms with E-state index < -0.39 is 20.8 Å². The van der Waals surface area contributed by atoms with E-state index in [9.17, 15) is 18.6 Å². The zero-order valence-corrected chi connectivity index (χ0v) is 40.4. The van der Waals surface area contributed by atoms with Crippen LogP contribution in [0.5, 0.6) is 11.5 Å². The van der Waals surface area contributed by atoms with Gasteiger partial charge in [-0.1, -0.05) is 144 Å². The molecule has 6 aromatic carbocycles. The first-order valence-electron chi connectivity index (χ1n) is 16.0. The van der Waals surface area contributed by atoms with Crippen LogP contribution in [0.4, 0.5) is 0 Å². The van der Waals surface area contributed by atoms with Crippen molar-refractivity contribution in [2.24, 2.45) is 0 Å². The minimum absolute atomic E-state index is 0. The number of hydrogen-bond acceptors (Lipinski definition) is 8. The molecule has 0 aliphatic carbocycles. The fourth-order valence-corrected chi connectivity index (χ4v) is 8.06. The Morgan fingerprint density at radius 3 is 1.27 bits per heavy atom. The minimum atomic E-state index is -3.33. The van der Waals surface area contributed by atoms with Gasteiger partial charge in [0.25, 0.3) is 0 Å². The van der Waals surface area contributed by atoms with E-state index in [1.165, 1.54) is 11.1 Å². The molecule has 0 amide bonds. The van der Waals surface area contributed by atoms with Crippen LogP contribution >= 0.6 is 0 Å². The molecule has 1 aliphatic rings. The van der Waals surface area contributed by atoms with Crippen LogP contribution in [0, 0.1) is 41.5 Å². The van der Waals surface area contributed by atoms with Crippen LogP contribution in [0.1, 0.15) is 34.8 Å². The molecule has 3 N–H and O–H groups in total. The zero-order chi connectivity index (χ0) is 37.5. The number of hydrogen-bond donors (Lipinski definition) is 1. The molecule has 0 atom stereocenters. The quantitative estimate of drug-likeness (QED) is 0.107. The van der Waals surface area contributed by atoms with Crippen molar-refractivity contribution in [1.29, 1.82) is 0 Å². The number of rotatable bonds is 2. The third-order valence-corrected chi connectivity index (χ3v) is 10.5. The molecule has 6 aromatic rings. The van der Waals surface area contributed by atoms with Crippen molar-refractivity contribution in [3.05, 3.63) is 155 Å². The fraction of sp³-hybridized carbons (Fsp3) is 0.143. The molecule has 0 saturated heterocycles. The first-order chi connectivity index (χ1) is 24.1. The number of sulfone groups is 1. The molecule has 8 nitrogen and oxygen atoms in total. The van der Waals surface area contributed by atoms with Crippen LogP contribution in [-0.2, 0) is 29.2 Å². The summed E-state index contributed by atoms with van der Waals surface area (Å²) in [7, 11) is -6.44. The van der Waals surface area contributed by atoms with Crippen LogP contribution in [-0.4, -0.2) is 23.6 Å². The maximum Gasteiger partial charge on any atom is 1.00 e. The van der Waals surface area contributed by atoms with E-state index in [0.717, 1.165) is 55.6 Å². The molecule has 272 valence electrons. The molecule has 1 heterocycles. The summed E-state index contributed by atoms with van der Waals surface area (Å²) in [4.78, 5) is 0.952. The second-order valence-corrected chi connectivity index (χ2v) is 14.5. The molecule has 0 saturated carbocycles. The predicted octanol–water partition coefficient (Wildman–Crippen LogP) is -0.437. The van der Waals surface area contributed by atoms with Crippen molar-refractivity contribution < 1.29 is 127 Å². The molecule has 0 aromatic heterocycles. The number of aromatic hydroxyl groups is 1. The largest absolute Gasteiger partial charge is 1.00 e. The van der Waals surface area contributed by atoms with E-state index in [-0.39, 0.29) is 101 Å². The van der Waals surface area contributed by atoms with Gasteiger partial charge in [0.2, 0.25) is 9.84 Å². The average Bonchev–Trinajstić information content (AvgIpc) is 3.32. The third kappa shape index (κ3) is 13.4. The Balaban J connectivity index is 0. The van der Waals surface area contributed by atoms with Gasteiger partial charge >= 0.3 is 90.1 Å². The zero-order valence-electron chi connectivity index (χ0n) is 33.8. The van der Waals surface area contributed by atoms with Gasteiger partial charge in [0.15, 0.2) is 0 Å². The second kappa shape index (κ2) is 23.8. The standard InChI is InChI=1S/C14H12O2S.2C14H14O.3Na.O3S.H2O/c1-9-5-3-7-11-12-8-4-6-10(2)14(12)17(15,16)13(9)11;2*1-10-5-3-7-12(9-10)13-8-4-6-11(2)14(13)15;;;;1-4(2)3;/h3-8H,1-2H3;2*3-9,15H,1-2H3;;;;;1H2/q;;;3*+1;-2;. The third-order valence-electron chi connectivity index (χ3n) is 8.36. The Bertz CT molecular complexity index is 2240.